The molecule has 0 saturated carbocycles. The van der Waals surface area contributed by atoms with Gasteiger partial charge in [-0.3, -0.25) is 0 Å². The zero-order chi connectivity index (χ0) is 15.3. The lowest BCUT2D eigenvalue weighted by Crippen LogP contribution is -2.26. The Labute approximate surface area is 127 Å². The first kappa shape index (κ1) is 16.3. The van der Waals surface area contributed by atoms with Crippen molar-refractivity contribution in [1.29, 1.82) is 0 Å². The molecule has 1 unspecified atom stereocenters. The predicted molar refractivity (Wildman–Crippen MR) is 86.1 cm³/mol. The lowest BCUT2D eigenvalue weighted by molar-refractivity contribution is 0.300. The minimum absolute atomic E-state index is 0.300. The average Bonchev–Trinajstić information content (AvgIpc) is 2.73. The third-order valence-corrected chi connectivity index (χ3v) is 5.50. The summed E-state index contributed by atoms with van der Waals surface area (Å²) in [5.41, 5.74) is 0.986. The van der Waals surface area contributed by atoms with Crippen LogP contribution in [0.1, 0.15) is 26.2 Å². The highest BCUT2D eigenvalue weighted by atomic mass is 32.2. The number of hydrogen-bond donors (Lipinski definition) is 2. The van der Waals surface area contributed by atoms with Gasteiger partial charge < -0.3 is 10.2 Å². The number of sulfonamides is 1. The van der Waals surface area contributed by atoms with Gasteiger partial charge in [-0.1, -0.05) is 6.92 Å². The summed E-state index contributed by atoms with van der Waals surface area (Å²) in [7, 11) is -1.93. The molecule has 5 nitrogen and oxygen atoms in total. The first-order chi connectivity index (χ1) is 10.0. The maximum absolute atomic E-state index is 11.7. The second kappa shape index (κ2) is 7.24. The Morgan fingerprint density at radius 2 is 1.90 bits per heavy atom. The van der Waals surface area contributed by atoms with E-state index in [1.54, 1.807) is 12.1 Å². The Bertz CT molecular complexity index is 543. The van der Waals surface area contributed by atoms with E-state index in [1.165, 1.54) is 20.0 Å². The number of nitrogens with zero attached hydrogens (tertiary/aromatic N) is 1. The van der Waals surface area contributed by atoms with Crippen molar-refractivity contribution in [3.05, 3.63) is 24.3 Å². The van der Waals surface area contributed by atoms with E-state index >= 15 is 0 Å². The van der Waals surface area contributed by atoms with E-state index < -0.39 is 10.0 Å². The van der Waals surface area contributed by atoms with E-state index in [0.29, 0.717) is 10.9 Å². The Morgan fingerprint density at radius 3 is 2.52 bits per heavy atom. The fourth-order valence-electron chi connectivity index (χ4n) is 2.70. The molecular weight excluding hydrogens is 286 g/mol. The number of benzene rings is 1. The van der Waals surface area contributed by atoms with E-state index in [-0.39, 0.29) is 0 Å². The molecule has 0 amide bonds. The number of anilines is 1. The molecule has 21 heavy (non-hydrogen) atoms. The van der Waals surface area contributed by atoms with Gasteiger partial charge in [0.2, 0.25) is 10.0 Å². The molecule has 1 saturated heterocycles. The minimum atomic E-state index is -3.35. The summed E-state index contributed by atoms with van der Waals surface area (Å²) in [5.74, 6) is 0. The first-order valence-corrected chi connectivity index (χ1v) is 9.06. The van der Waals surface area contributed by atoms with Crippen molar-refractivity contribution in [2.45, 2.75) is 37.1 Å². The fraction of sp³-hybridized carbons (Fsp3) is 0.600. The van der Waals surface area contributed by atoms with Crippen LogP contribution in [-0.2, 0) is 10.0 Å². The van der Waals surface area contributed by atoms with Crippen molar-refractivity contribution in [2.24, 2.45) is 0 Å². The summed E-state index contributed by atoms with van der Waals surface area (Å²) >= 11 is 0. The molecule has 1 aliphatic heterocycles. The molecule has 2 N–H and O–H groups in total. The van der Waals surface area contributed by atoms with Crippen LogP contribution in [0.25, 0.3) is 0 Å². The van der Waals surface area contributed by atoms with Crippen molar-refractivity contribution in [3.8, 4) is 0 Å². The van der Waals surface area contributed by atoms with Gasteiger partial charge in [-0.15, -0.1) is 0 Å². The average molecular weight is 311 g/mol. The number of likely N-dealkylation sites (tertiary alicyclic amines) is 1. The van der Waals surface area contributed by atoms with E-state index in [1.807, 2.05) is 12.1 Å². The van der Waals surface area contributed by atoms with Crippen LogP contribution in [0, 0.1) is 0 Å². The second-order valence-electron chi connectivity index (χ2n) is 5.44. The molecule has 1 atom stereocenters. The standard InChI is InChI=1S/C15H25N3O2S/c1-3-18-11-4-5-13(10-12-18)17-14-6-8-15(9-7-14)21(19,20)16-2/h6-9,13,16-17H,3-5,10-12H2,1-2H3. The topological polar surface area (TPSA) is 61.4 Å². The number of rotatable bonds is 5. The second-order valence-corrected chi connectivity index (χ2v) is 7.32. The molecule has 1 fully saturated rings. The number of nitrogens with one attached hydrogen (secondary N) is 2. The van der Waals surface area contributed by atoms with E-state index in [9.17, 15) is 8.42 Å². The van der Waals surface area contributed by atoms with Crippen LogP contribution in [0.2, 0.25) is 0 Å². The van der Waals surface area contributed by atoms with Gasteiger partial charge in [0.25, 0.3) is 0 Å². The van der Waals surface area contributed by atoms with Crippen molar-refractivity contribution >= 4 is 15.7 Å². The van der Waals surface area contributed by atoms with Crippen LogP contribution >= 0.6 is 0 Å². The minimum Gasteiger partial charge on any atom is -0.382 e. The van der Waals surface area contributed by atoms with Gasteiger partial charge in [0.05, 0.1) is 4.90 Å². The molecule has 0 spiro atoms. The SMILES string of the molecule is CCN1CCCC(Nc2ccc(S(=O)(=O)NC)cc2)CC1. The van der Waals surface area contributed by atoms with E-state index in [4.69, 9.17) is 0 Å². The smallest absolute Gasteiger partial charge is 0.240 e. The molecule has 2 rings (SSSR count). The van der Waals surface area contributed by atoms with Gasteiger partial charge in [0.15, 0.2) is 0 Å². The van der Waals surface area contributed by atoms with Gasteiger partial charge >= 0.3 is 0 Å². The van der Waals surface area contributed by atoms with E-state index in [0.717, 1.165) is 31.6 Å². The Kier molecular flexibility index (Phi) is 5.61. The highest BCUT2D eigenvalue weighted by Gasteiger charge is 2.16. The van der Waals surface area contributed by atoms with Crippen LogP contribution < -0.4 is 10.0 Å². The quantitative estimate of drug-likeness (QED) is 0.871. The van der Waals surface area contributed by atoms with Crippen LogP contribution in [0.15, 0.2) is 29.2 Å². The molecule has 0 aromatic heterocycles. The summed E-state index contributed by atoms with van der Waals surface area (Å²) in [6.07, 6.45) is 3.50. The molecule has 1 aromatic rings. The number of hydrogen-bond acceptors (Lipinski definition) is 4. The zero-order valence-corrected chi connectivity index (χ0v) is 13.6. The highest BCUT2D eigenvalue weighted by molar-refractivity contribution is 7.89. The van der Waals surface area contributed by atoms with Gasteiger partial charge in [0.1, 0.15) is 0 Å². The lowest BCUT2D eigenvalue weighted by atomic mass is 10.1. The van der Waals surface area contributed by atoms with Crippen LogP contribution in [0.5, 0.6) is 0 Å². The van der Waals surface area contributed by atoms with Crippen molar-refractivity contribution < 1.29 is 8.42 Å². The molecule has 1 heterocycles. The summed E-state index contributed by atoms with van der Waals surface area (Å²) in [4.78, 5) is 2.78. The summed E-state index contributed by atoms with van der Waals surface area (Å²) in [6, 6.07) is 7.43. The van der Waals surface area contributed by atoms with Gasteiger partial charge in [0, 0.05) is 18.3 Å². The third kappa shape index (κ3) is 4.43. The molecule has 1 aliphatic rings. The maximum Gasteiger partial charge on any atom is 0.240 e. The van der Waals surface area contributed by atoms with Crippen molar-refractivity contribution in [1.82, 2.24) is 9.62 Å². The van der Waals surface area contributed by atoms with Gasteiger partial charge in [-0.2, -0.15) is 0 Å². The summed E-state index contributed by atoms with van der Waals surface area (Å²) in [5, 5.41) is 3.52. The Morgan fingerprint density at radius 1 is 1.19 bits per heavy atom. The first-order valence-electron chi connectivity index (χ1n) is 7.57. The predicted octanol–water partition coefficient (Wildman–Crippen LogP) is 1.88. The fourth-order valence-corrected chi connectivity index (χ4v) is 3.43. The summed E-state index contributed by atoms with van der Waals surface area (Å²) in [6.45, 7) is 5.62. The van der Waals surface area contributed by atoms with Crippen LogP contribution in [0.3, 0.4) is 0 Å². The van der Waals surface area contributed by atoms with Gasteiger partial charge in [-0.25, -0.2) is 13.1 Å². The Balaban J connectivity index is 1.97. The molecule has 0 aliphatic carbocycles. The molecule has 0 radical (unpaired) electrons. The molecule has 0 bridgehead atoms. The van der Waals surface area contributed by atoms with Gasteiger partial charge in [-0.05, 0) is 63.7 Å². The maximum atomic E-state index is 11.7. The van der Waals surface area contributed by atoms with Crippen molar-refractivity contribution in [3.63, 3.8) is 0 Å². The monoisotopic (exact) mass is 311 g/mol. The van der Waals surface area contributed by atoms with Crippen LogP contribution in [0.4, 0.5) is 5.69 Å². The molecular formula is C15H25N3O2S. The zero-order valence-electron chi connectivity index (χ0n) is 12.8. The normalized spacial score (nSPS) is 21.0. The lowest BCUT2D eigenvalue weighted by Gasteiger charge is -2.19. The molecule has 118 valence electrons. The largest absolute Gasteiger partial charge is 0.382 e. The summed E-state index contributed by atoms with van der Waals surface area (Å²) < 4.78 is 25.7. The van der Waals surface area contributed by atoms with Crippen molar-refractivity contribution in [2.75, 3.05) is 32.0 Å². The van der Waals surface area contributed by atoms with Crippen LogP contribution in [-0.4, -0.2) is 46.0 Å². The Hall–Kier alpha value is -1.11. The highest BCUT2D eigenvalue weighted by Crippen LogP contribution is 2.18. The van der Waals surface area contributed by atoms with E-state index in [2.05, 4.69) is 21.9 Å². The third-order valence-electron chi connectivity index (χ3n) is 4.07. The molecule has 1 aromatic carbocycles. The molecule has 6 heteroatoms.